The topological polar surface area (TPSA) is 72.6 Å². The monoisotopic (exact) mass is 478 g/mol. The van der Waals surface area contributed by atoms with E-state index in [0.29, 0.717) is 6.04 Å². The van der Waals surface area contributed by atoms with Crippen LogP contribution in [0.15, 0.2) is 72.9 Å². The number of aromatic nitrogens is 4. The zero-order valence-corrected chi connectivity index (χ0v) is 20.7. The minimum atomic E-state index is 0.350. The van der Waals surface area contributed by atoms with E-state index in [9.17, 15) is 0 Å². The maximum Gasteiger partial charge on any atom is 0.121 e. The van der Waals surface area contributed by atoms with Crippen molar-refractivity contribution in [1.82, 2.24) is 30.2 Å². The summed E-state index contributed by atoms with van der Waals surface area (Å²) >= 11 is 0. The molecule has 3 aromatic heterocycles. The van der Waals surface area contributed by atoms with Crippen molar-refractivity contribution in [1.29, 1.82) is 0 Å². The SMILES string of the molecule is c1cnc2c(c1)CCCC2N(CCCCNCc1cc2ccccc2[nH]1)Cc1nc2ccccc2[nH]1. The zero-order chi connectivity index (χ0) is 24.2. The van der Waals surface area contributed by atoms with Crippen molar-refractivity contribution in [3.8, 4) is 0 Å². The van der Waals surface area contributed by atoms with Crippen molar-refractivity contribution < 1.29 is 0 Å². The van der Waals surface area contributed by atoms with Crippen molar-refractivity contribution in [2.45, 2.75) is 51.2 Å². The van der Waals surface area contributed by atoms with Gasteiger partial charge in [0.15, 0.2) is 0 Å². The molecule has 0 saturated heterocycles. The van der Waals surface area contributed by atoms with Crippen LogP contribution in [0.25, 0.3) is 21.9 Å². The number of hydrogen-bond donors (Lipinski definition) is 3. The first kappa shape index (κ1) is 23.0. The Balaban J connectivity index is 1.09. The number of nitrogens with one attached hydrogen (secondary N) is 3. The van der Waals surface area contributed by atoms with Crippen molar-refractivity contribution in [3.63, 3.8) is 0 Å². The highest BCUT2D eigenvalue weighted by molar-refractivity contribution is 5.80. The Bertz CT molecular complexity index is 1370. The van der Waals surface area contributed by atoms with Crippen LogP contribution in [-0.4, -0.2) is 37.9 Å². The Hall–Kier alpha value is -3.48. The number of H-pyrrole nitrogens is 2. The summed E-state index contributed by atoms with van der Waals surface area (Å²) in [5.74, 6) is 1.04. The number of para-hydroxylation sites is 3. The van der Waals surface area contributed by atoms with Gasteiger partial charge in [-0.1, -0.05) is 36.4 Å². The van der Waals surface area contributed by atoms with Gasteiger partial charge in [-0.3, -0.25) is 9.88 Å². The van der Waals surface area contributed by atoms with E-state index in [2.05, 4.69) is 86.9 Å². The van der Waals surface area contributed by atoms with Crippen LogP contribution in [-0.2, 0) is 19.5 Å². The summed E-state index contributed by atoms with van der Waals surface area (Å²) in [6, 6.07) is 23.7. The fourth-order valence-corrected chi connectivity index (χ4v) is 5.57. The Morgan fingerprint density at radius 3 is 2.75 bits per heavy atom. The van der Waals surface area contributed by atoms with Crippen LogP contribution < -0.4 is 5.32 Å². The molecule has 184 valence electrons. The van der Waals surface area contributed by atoms with Gasteiger partial charge in [0.2, 0.25) is 0 Å². The van der Waals surface area contributed by atoms with Crippen molar-refractivity contribution >= 4 is 21.9 Å². The third-order valence-corrected chi connectivity index (χ3v) is 7.35. The molecule has 0 amide bonds. The fraction of sp³-hybridized carbons (Fsp3) is 0.333. The summed E-state index contributed by atoms with van der Waals surface area (Å²) in [5, 5.41) is 4.89. The second-order valence-corrected chi connectivity index (χ2v) is 9.89. The summed E-state index contributed by atoms with van der Waals surface area (Å²) in [6.07, 6.45) is 7.73. The lowest BCUT2D eigenvalue weighted by atomic mass is 9.90. The van der Waals surface area contributed by atoms with Crippen LogP contribution in [0.3, 0.4) is 0 Å². The number of aromatic amines is 2. The number of rotatable bonds is 10. The van der Waals surface area contributed by atoms with E-state index in [-0.39, 0.29) is 0 Å². The maximum absolute atomic E-state index is 4.88. The summed E-state index contributed by atoms with van der Waals surface area (Å²) in [5.41, 5.74) is 7.26. The third-order valence-electron chi connectivity index (χ3n) is 7.35. The van der Waals surface area contributed by atoms with Crippen LogP contribution >= 0.6 is 0 Å². The zero-order valence-electron chi connectivity index (χ0n) is 20.7. The molecule has 5 aromatic rings. The first-order chi connectivity index (χ1) is 17.8. The number of pyridine rings is 1. The number of unbranched alkanes of at least 4 members (excludes halogenated alkanes) is 1. The lowest BCUT2D eigenvalue weighted by molar-refractivity contribution is 0.159. The van der Waals surface area contributed by atoms with E-state index in [1.165, 1.54) is 34.3 Å². The van der Waals surface area contributed by atoms with Gasteiger partial charge in [-0.25, -0.2) is 4.98 Å². The molecule has 0 spiro atoms. The Labute approximate surface area is 212 Å². The molecule has 3 N–H and O–H groups in total. The molecule has 1 atom stereocenters. The molecule has 0 saturated carbocycles. The lowest BCUT2D eigenvalue weighted by Crippen LogP contribution is -2.33. The normalized spacial score (nSPS) is 15.6. The van der Waals surface area contributed by atoms with Crippen LogP contribution in [0.1, 0.15) is 54.5 Å². The smallest absolute Gasteiger partial charge is 0.121 e. The number of benzene rings is 2. The quantitative estimate of drug-likeness (QED) is 0.219. The van der Waals surface area contributed by atoms with E-state index in [1.807, 2.05) is 6.20 Å². The minimum absolute atomic E-state index is 0.350. The lowest BCUT2D eigenvalue weighted by Gasteiger charge is -2.34. The molecule has 0 fully saturated rings. The van der Waals surface area contributed by atoms with Gasteiger partial charge >= 0.3 is 0 Å². The Kier molecular flexibility index (Phi) is 6.79. The van der Waals surface area contributed by atoms with Gasteiger partial charge in [0.1, 0.15) is 5.82 Å². The highest BCUT2D eigenvalue weighted by atomic mass is 15.2. The first-order valence-corrected chi connectivity index (χ1v) is 13.2. The van der Waals surface area contributed by atoms with Gasteiger partial charge in [0.05, 0.1) is 29.3 Å². The van der Waals surface area contributed by atoms with E-state index in [0.717, 1.165) is 68.7 Å². The molecule has 6 nitrogen and oxygen atoms in total. The molecule has 1 aliphatic carbocycles. The average molecular weight is 479 g/mol. The molecule has 6 heteroatoms. The number of nitrogens with zero attached hydrogens (tertiary/aromatic N) is 3. The van der Waals surface area contributed by atoms with E-state index >= 15 is 0 Å². The van der Waals surface area contributed by atoms with Gasteiger partial charge in [0, 0.05) is 24.0 Å². The standard InChI is InChI=1S/C30H34N6/c1-2-12-25-23(9-1)19-24(33-25)20-31-16-5-6-18-36(21-29-34-26-13-3-4-14-27(26)35-29)28-15-7-10-22-11-8-17-32-30(22)28/h1-4,8-9,11-14,17,19,28,31,33H,5-7,10,15-16,18,20-21H2,(H,34,35). The Morgan fingerprint density at radius 2 is 1.83 bits per heavy atom. The molecule has 6 rings (SSSR count). The first-order valence-electron chi connectivity index (χ1n) is 13.2. The summed E-state index contributed by atoms with van der Waals surface area (Å²) in [4.78, 5) is 19.4. The molecule has 0 bridgehead atoms. The van der Waals surface area contributed by atoms with Gasteiger partial charge in [0.25, 0.3) is 0 Å². The van der Waals surface area contributed by atoms with Crippen molar-refractivity contribution in [2.75, 3.05) is 13.1 Å². The van der Waals surface area contributed by atoms with Gasteiger partial charge < -0.3 is 15.3 Å². The summed E-state index contributed by atoms with van der Waals surface area (Å²) in [6.45, 7) is 3.73. The molecule has 36 heavy (non-hydrogen) atoms. The Morgan fingerprint density at radius 1 is 0.944 bits per heavy atom. The van der Waals surface area contributed by atoms with Crippen LogP contribution in [0.4, 0.5) is 0 Å². The average Bonchev–Trinajstić information content (AvgIpc) is 3.52. The molecule has 0 radical (unpaired) electrons. The van der Waals surface area contributed by atoms with E-state index < -0.39 is 0 Å². The molecule has 1 aliphatic rings. The van der Waals surface area contributed by atoms with E-state index in [1.54, 1.807) is 0 Å². The predicted octanol–water partition coefficient (Wildman–Crippen LogP) is 5.89. The van der Waals surface area contributed by atoms with Gasteiger partial charge in [-0.05, 0) is 86.5 Å². The van der Waals surface area contributed by atoms with Crippen LogP contribution in [0.2, 0.25) is 0 Å². The predicted molar refractivity (Wildman–Crippen MR) is 146 cm³/mol. The second-order valence-electron chi connectivity index (χ2n) is 9.89. The van der Waals surface area contributed by atoms with Crippen LogP contribution in [0, 0.1) is 0 Å². The van der Waals surface area contributed by atoms with Crippen molar-refractivity contribution in [3.05, 3.63) is 95.7 Å². The fourth-order valence-electron chi connectivity index (χ4n) is 5.57. The highest BCUT2D eigenvalue weighted by Gasteiger charge is 2.27. The molecular formula is C30H34N6. The molecule has 3 heterocycles. The van der Waals surface area contributed by atoms with Crippen molar-refractivity contribution in [2.24, 2.45) is 0 Å². The largest absolute Gasteiger partial charge is 0.357 e. The van der Waals surface area contributed by atoms with Gasteiger partial charge in [-0.15, -0.1) is 0 Å². The molecule has 1 unspecified atom stereocenters. The maximum atomic E-state index is 4.88. The van der Waals surface area contributed by atoms with E-state index in [4.69, 9.17) is 9.97 Å². The summed E-state index contributed by atoms with van der Waals surface area (Å²) < 4.78 is 0. The minimum Gasteiger partial charge on any atom is -0.357 e. The van der Waals surface area contributed by atoms with Crippen LogP contribution in [0.5, 0.6) is 0 Å². The second kappa shape index (κ2) is 10.6. The summed E-state index contributed by atoms with van der Waals surface area (Å²) in [7, 11) is 0. The van der Waals surface area contributed by atoms with Gasteiger partial charge in [-0.2, -0.15) is 0 Å². The molecule has 0 aliphatic heterocycles. The number of aryl methyl sites for hydroxylation is 1. The third kappa shape index (κ3) is 5.06. The number of imidazole rings is 1. The molecule has 2 aromatic carbocycles. The molecular weight excluding hydrogens is 444 g/mol. The highest BCUT2D eigenvalue weighted by Crippen LogP contribution is 2.33. The number of fused-ring (bicyclic) bond motifs is 3. The number of hydrogen-bond acceptors (Lipinski definition) is 4.